The number of nitrogens with one attached hydrogen (secondary N) is 1. The van der Waals surface area contributed by atoms with Gasteiger partial charge in [-0.05, 0) is 25.5 Å². The van der Waals surface area contributed by atoms with Crippen LogP contribution in [0.4, 0.5) is 10.1 Å². The maximum Gasteiger partial charge on any atom is 0.244 e. The van der Waals surface area contributed by atoms with E-state index in [4.69, 9.17) is 4.74 Å². The summed E-state index contributed by atoms with van der Waals surface area (Å²) in [5.74, 6) is -1.46. The highest BCUT2D eigenvalue weighted by molar-refractivity contribution is 7.91. The number of anilines is 1. The van der Waals surface area contributed by atoms with Gasteiger partial charge in [-0.3, -0.25) is 4.79 Å². The van der Waals surface area contributed by atoms with Crippen LogP contribution in [0.5, 0.6) is 0 Å². The summed E-state index contributed by atoms with van der Waals surface area (Å²) >= 11 is 0. The Morgan fingerprint density at radius 1 is 1.35 bits per heavy atom. The Kier molecular flexibility index (Phi) is 5.57. The lowest BCUT2D eigenvalue weighted by Crippen LogP contribution is -2.36. The second-order valence-electron chi connectivity index (χ2n) is 6.54. The lowest BCUT2D eigenvalue weighted by atomic mass is 10.1. The first kappa shape index (κ1) is 18.8. The molecule has 0 unspecified atom stereocenters. The van der Waals surface area contributed by atoms with Crippen molar-refractivity contribution in [1.29, 1.82) is 0 Å². The number of nitrogens with zero attached hydrogens (tertiary/aromatic N) is 2. The van der Waals surface area contributed by atoms with Gasteiger partial charge in [0.15, 0.2) is 9.84 Å². The number of hydrazone groups is 1. The predicted octanol–water partition coefficient (Wildman–Crippen LogP) is 0.937. The number of benzene rings is 1. The number of morpholine rings is 1. The molecule has 0 spiro atoms. The highest BCUT2D eigenvalue weighted by Crippen LogP contribution is 2.22. The fourth-order valence-corrected chi connectivity index (χ4v) is 4.83. The zero-order valence-corrected chi connectivity index (χ0v) is 15.4. The van der Waals surface area contributed by atoms with Gasteiger partial charge in [-0.2, -0.15) is 5.10 Å². The summed E-state index contributed by atoms with van der Waals surface area (Å²) < 4.78 is 42.6. The summed E-state index contributed by atoms with van der Waals surface area (Å²) in [5, 5.41) is 3.99. The number of sulfone groups is 1. The van der Waals surface area contributed by atoms with Crippen molar-refractivity contribution in [3.05, 3.63) is 29.6 Å². The van der Waals surface area contributed by atoms with E-state index in [1.165, 1.54) is 6.07 Å². The molecule has 3 rings (SSSR count). The summed E-state index contributed by atoms with van der Waals surface area (Å²) in [4.78, 5) is 13.9. The minimum absolute atomic E-state index is 0.0298. The molecule has 2 aliphatic heterocycles. The summed E-state index contributed by atoms with van der Waals surface area (Å²) in [6.07, 6.45) is 0.311. The van der Waals surface area contributed by atoms with Crippen molar-refractivity contribution in [2.75, 3.05) is 42.7 Å². The molecule has 0 radical (unpaired) electrons. The summed E-state index contributed by atoms with van der Waals surface area (Å²) in [6, 6.07) is 4.83. The Bertz CT molecular complexity index is 819. The molecule has 0 aliphatic carbocycles. The number of rotatable bonds is 4. The van der Waals surface area contributed by atoms with Crippen LogP contribution in [-0.2, 0) is 19.4 Å². The molecule has 26 heavy (non-hydrogen) atoms. The fraction of sp³-hybridized carbons (Fsp3) is 0.529. The Labute approximate surface area is 152 Å². The van der Waals surface area contributed by atoms with Gasteiger partial charge in [-0.15, -0.1) is 0 Å². The highest BCUT2D eigenvalue weighted by atomic mass is 32.2. The van der Waals surface area contributed by atoms with Gasteiger partial charge >= 0.3 is 0 Å². The molecule has 1 N–H and O–H groups in total. The number of ether oxygens (including phenoxy) is 1. The molecule has 2 saturated heterocycles. The largest absolute Gasteiger partial charge is 0.378 e. The lowest BCUT2D eigenvalue weighted by molar-refractivity contribution is -0.124. The molecule has 0 aromatic heterocycles. The first-order valence-electron chi connectivity index (χ1n) is 8.53. The zero-order valence-electron chi connectivity index (χ0n) is 14.6. The summed E-state index contributed by atoms with van der Waals surface area (Å²) in [7, 11) is -3.12. The second kappa shape index (κ2) is 7.71. The molecule has 2 fully saturated rings. The van der Waals surface area contributed by atoms with E-state index >= 15 is 0 Å². The number of amides is 1. The molecule has 1 amide bonds. The minimum atomic E-state index is -3.12. The van der Waals surface area contributed by atoms with Gasteiger partial charge in [0.05, 0.1) is 42.0 Å². The number of hydrogen-bond acceptors (Lipinski definition) is 6. The first-order chi connectivity index (χ1) is 12.4. The minimum Gasteiger partial charge on any atom is -0.378 e. The second-order valence-corrected chi connectivity index (χ2v) is 8.77. The molecular formula is C17H22FN3O4S. The van der Waals surface area contributed by atoms with E-state index in [-0.39, 0.29) is 17.3 Å². The van der Waals surface area contributed by atoms with Crippen LogP contribution < -0.4 is 10.3 Å². The van der Waals surface area contributed by atoms with Crippen LogP contribution in [0.1, 0.15) is 18.9 Å². The number of carbonyl (C=O) groups is 1. The van der Waals surface area contributed by atoms with E-state index in [1.54, 1.807) is 19.1 Å². The smallest absolute Gasteiger partial charge is 0.244 e. The Hall–Kier alpha value is -2.00. The molecule has 1 atom stereocenters. The standard InChI is InChI=1S/C17H22FN3O4S/c1-12(19-20-17(22)14-4-9-26(23,24)11-14)13-2-3-16(15(18)10-13)21-5-7-25-8-6-21/h2-3,10,14H,4-9,11H2,1H3,(H,20,22)/b19-12-/t14-/m1/s1. The molecule has 2 aliphatic rings. The van der Waals surface area contributed by atoms with Gasteiger partial charge in [0.2, 0.25) is 5.91 Å². The average Bonchev–Trinajstić information content (AvgIpc) is 3.00. The average molecular weight is 383 g/mol. The van der Waals surface area contributed by atoms with E-state index in [9.17, 15) is 17.6 Å². The van der Waals surface area contributed by atoms with E-state index < -0.39 is 21.7 Å². The van der Waals surface area contributed by atoms with Crippen LogP contribution in [0.3, 0.4) is 0 Å². The summed E-state index contributed by atoms with van der Waals surface area (Å²) in [5.41, 5.74) is 3.92. The van der Waals surface area contributed by atoms with Crippen molar-refractivity contribution in [2.24, 2.45) is 11.0 Å². The molecule has 2 heterocycles. The van der Waals surface area contributed by atoms with E-state index in [2.05, 4.69) is 10.5 Å². The van der Waals surface area contributed by atoms with Crippen LogP contribution in [0.25, 0.3) is 0 Å². The van der Waals surface area contributed by atoms with Gasteiger partial charge in [-0.25, -0.2) is 18.2 Å². The van der Waals surface area contributed by atoms with Gasteiger partial charge in [-0.1, -0.05) is 6.07 Å². The maximum atomic E-state index is 14.4. The third-order valence-corrected chi connectivity index (χ3v) is 6.42. The Morgan fingerprint density at radius 3 is 2.69 bits per heavy atom. The fourth-order valence-electron chi connectivity index (χ4n) is 3.09. The Balaban J connectivity index is 1.65. The van der Waals surface area contributed by atoms with Crippen molar-refractivity contribution in [3.8, 4) is 0 Å². The monoisotopic (exact) mass is 383 g/mol. The van der Waals surface area contributed by atoms with E-state index in [0.29, 0.717) is 49.7 Å². The maximum absolute atomic E-state index is 14.4. The normalized spacial score (nSPS) is 23.1. The van der Waals surface area contributed by atoms with Crippen molar-refractivity contribution in [1.82, 2.24) is 5.43 Å². The molecule has 0 bridgehead atoms. The molecule has 0 saturated carbocycles. The zero-order chi connectivity index (χ0) is 18.7. The van der Waals surface area contributed by atoms with Crippen molar-refractivity contribution >= 4 is 27.1 Å². The predicted molar refractivity (Wildman–Crippen MR) is 96.5 cm³/mol. The molecular weight excluding hydrogens is 361 g/mol. The lowest BCUT2D eigenvalue weighted by Gasteiger charge is -2.29. The molecule has 1 aromatic rings. The molecule has 142 valence electrons. The molecule has 7 nitrogen and oxygen atoms in total. The van der Waals surface area contributed by atoms with Crippen LogP contribution in [0, 0.1) is 11.7 Å². The quantitative estimate of drug-likeness (QED) is 0.618. The van der Waals surface area contributed by atoms with Crippen LogP contribution in [0.2, 0.25) is 0 Å². The van der Waals surface area contributed by atoms with Gasteiger partial charge in [0.25, 0.3) is 0 Å². The number of carbonyl (C=O) groups excluding carboxylic acids is 1. The van der Waals surface area contributed by atoms with Gasteiger partial charge in [0, 0.05) is 18.7 Å². The van der Waals surface area contributed by atoms with Crippen LogP contribution in [0.15, 0.2) is 23.3 Å². The van der Waals surface area contributed by atoms with Crippen LogP contribution in [-0.4, -0.2) is 57.8 Å². The van der Waals surface area contributed by atoms with E-state index in [0.717, 1.165) is 0 Å². The van der Waals surface area contributed by atoms with E-state index in [1.807, 2.05) is 4.90 Å². The van der Waals surface area contributed by atoms with Gasteiger partial charge in [0.1, 0.15) is 5.82 Å². The molecule has 1 aromatic carbocycles. The first-order valence-corrected chi connectivity index (χ1v) is 10.3. The highest BCUT2D eigenvalue weighted by Gasteiger charge is 2.32. The number of halogens is 1. The van der Waals surface area contributed by atoms with Crippen molar-refractivity contribution in [2.45, 2.75) is 13.3 Å². The van der Waals surface area contributed by atoms with Crippen molar-refractivity contribution < 1.29 is 22.3 Å². The third-order valence-electron chi connectivity index (χ3n) is 4.65. The van der Waals surface area contributed by atoms with Crippen LogP contribution >= 0.6 is 0 Å². The number of hydrogen-bond donors (Lipinski definition) is 1. The molecule has 9 heteroatoms. The van der Waals surface area contributed by atoms with Crippen molar-refractivity contribution in [3.63, 3.8) is 0 Å². The van der Waals surface area contributed by atoms with Gasteiger partial charge < -0.3 is 9.64 Å². The SMILES string of the molecule is C/C(=N/NC(=O)[C@@H]1CCS(=O)(=O)C1)c1ccc(N2CCOCC2)c(F)c1. The summed E-state index contributed by atoms with van der Waals surface area (Å²) in [6.45, 7) is 4.09. The topological polar surface area (TPSA) is 88.1 Å². The third kappa shape index (κ3) is 4.39. The Morgan fingerprint density at radius 2 is 2.08 bits per heavy atom.